The van der Waals surface area contributed by atoms with Gasteiger partial charge in [0.15, 0.2) is 0 Å². The summed E-state index contributed by atoms with van der Waals surface area (Å²) in [4.78, 5) is 17.2. The molecule has 148 valence electrons. The molecule has 28 heavy (non-hydrogen) atoms. The van der Waals surface area contributed by atoms with Crippen molar-refractivity contribution < 1.29 is 9.53 Å². The molecule has 2 saturated heterocycles. The summed E-state index contributed by atoms with van der Waals surface area (Å²) < 4.78 is 5.32. The molecular formula is C23H29N3O2. The second-order valence-electron chi connectivity index (χ2n) is 7.65. The number of piperazine rings is 1. The van der Waals surface area contributed by atoms with Gasteiger partial charge in [0, 0.05) is 51.6 Å². The van der Waals surface area contributed by atoms with Crippen molar-refractivity contribution in [2.24, 2.45) is 5.92 Å². The van der Waals surface area contributed by atoms with Crippen molar-refractivity contribution in [3.8, 4) is 0 Å². The molecule has 0 aromatic heterocycles. The van der Waals surface area contributed by atoms with Gasteiger partial charge in [-0.1, -0.05) is 42.5 Å². The van der Waals surface area contributed by atoms with Crippen LogP contribution in [0, 0.1) is 5.92 Å². The van der Waals surface area contributed by atoms with Gasteiger partial charge in [-0.2, -0.15) is 0 Å². The van der Waals surface area contributed by atoms with Gasteiger partial charge >= 0.3 is 0 Å². The summed E-state index contributed by atoms with van der Waals surface area (Å²) in [7, 11) is 0. The van der Waals surface area contributed by atoms with Crippen LogP contribution in [0.2, 0.25) is 0 Å². The minimum Gasteiger partial charge on any atom is -0.381 e. The number of ether oxygens (including phenoxy) is 1. The zero-order chi connectivity index (χ0) is 19.2. The van der Waals surface area contributed by atoms with Gasteiger partial charge in [-0.05, 0) is 29.7 Å². The molecule has 0 unspecified atom stereocenters. The van der Waals surface area contributed by atoms with Crippen LogP contribution < -0.4 is 10.2 Å². The van der Waals surface area contributed by atoms with E-state index in [9.17, 15) is 4.79 Å². The fourth-order valence-electron chi connectivity index (χ4n) is 4.00. The zero-order valence-corrected chi connectivity index (χ0v) is 16.3. The van der Waals surface area contributed by atoms with Crippen LogP contribution in [-0.2, 0) is 22.6 Å². The Labute approximate surface area is 167 Å². The molecule has 1 amide bonds. The Balaban J connectivity index is 1.31. The summed E-state index contributed by atoms with van der Waals surface area (Å²) in [6.45, 7) is 6.97. The van der Waals surface area contributed by atoms with E-state index >= 15 is 0 Å². The number of carbonyl (C=O) groups excluding carboxylic acids is 1. The summed E-state index contributed by atoms with van der Waals surface area (Å²) in [6.07, 6.45) is 0.833. The monoisotopic (exact) mass is 379 g/mol. The molecule has 4 rings (SSSR count). The Kier molecular flexibility index (Phi) is 6.24. The van der Waals surface area contributed by atoms with E-state index in [0.29, 0.717) is 19.8 Å². The van der Waals surface area contributed by atoms with Gasteiger partial charge in [0.25, 0.3) is 0 Å². The van der Waals surface area contributed by atoms with E-state index in [1.165, 1.54) is 16.8 Å². The van der Waals surface area contributed by atoms with Crippen LogP contribution >= 0.6 is 0 Å². The van der Waals surface area contributed by atoms with Gasteiger partial charge in [-0.3, -0.25) is 9.69 Å². The maximum atomic E-state index is 12.3. The van der Waals surface area contributed by atoms with Crippen molar-refractivity contribution in [3.05, 3.63) is 65.7 Å². The fourth-order valence-corrected chi connectivity index (χ4v) is 4.00. The molecule has 0 spiro atoms. The maximum Gasteiger partial charge on any atom is 0.225 e. The zero-order valence-electron chi connectivity index (χ0n) is 16.3. The smallest absolute Gasteiger partial charge is 0.225 e. The number of anilines is 1. The van der Waals surface area contributed by atoms with E-state index in [0.717, 1.165) is 39.1 Å². The lowest BCUT2D eigenvalue weighted by atomic mass is 10.1. The SMILES string of the molecule is O=C(NCc1ccccc1CN1CCN(c2ccccc2)CC1)[C@@H]1CCOC1. The first-order chi connectivity index (χ1) is 13.8. The predicted molar refractivity (Wildman–Crippen MR) is 111 cm³/mol. The maximum absolute atomic E-state index is 12.3. The first kappa shape index (κ1) is 19.0. The Bertz CT molecular complexity index is 766. The molecule has 2 aliphatic rings. The number of para-hydroxylation sites is 1. The van der Waals surface area contributed by atoms with Gasteiger partial charge in [-0.25, -0.2) is 0 Å². The third kappa shape index (κ3) is 4.72. The van der Waals surface area contributed by atoms with E-state index in [-0.39, 0.29) is 11.8 Å². The number of nitrogens with zero attached hydrogens (tertiary/aromatic N) is 2. The number of hydrogen-bond donors (Lipinski definition) is 1. The number of amides is 1. The molecule has 5 nitrogen and oxygen atoms in total. The summed E-state index contributed by atoms with van der Waals surface area (Å²) in [5, 5.41) is 3.10. The highest BCUT2D eigenvalue weighted by Gasteiger charge is 2.23. The van der Waals surface area contributed by atoms with Crippen molar-refractivity contribution in [3.63, 3.8) is 0 Å². The predicted octanol–water partition coefficient (Wildman–Crippen LogP) is 2.66. The lowest BCUT2D eigenvalue weighted by Crippen LogP contribution is -2.46. The van der Waals surface area contributed by atoms with Crippen LogP contribution in [0.3, 0.4) is 0 Å². The molecule has 2 aliphatic heterocycles. The normalized spacial score (nSPS) is 20.3. The number of rotatable bonds is 6. The van der Waals surface area contributed by atoms with Crippen LogP contribution in [-0.4, -0.2) is 50.2 Å². The second-order valence-corrected chi connectivity index (χ2v) is 7.65. The molecule has 2 heterocycles. The van der Waals surface area contributed by atoms with Crippen molar-refractivity contribution in [1.29, 1.82) is 0 Å². The second kappa shape index (κ2) is 9.22. The van der Waals surface area contributed by atoms with Crippen molar-refractivity contribution in [1.82, 2.24) is 10.2 Å². The van der Waals surface area contributed by atoms with Crippen LogP contribution in [0.1, 0.15) is 17.5 Å². The topological polar surface area (TPSA) is 44.8 Å². The van der Waals surface area contributed by atoms with Crippen molar-refractivity contribution in [2.45, 2.75) is 19.5 Å². The molecule has 1 atom stereocenters. The molecule has 1 N–H and O–H groups in total. The number of benzene rings is 2. The molecule has 0 bridgehead atoms. The van der Waals surface area contributed by atoms with Crippen LogP contribution in [0.4, 0.5) is 5.69 Å². The molecule has 0 saturated carbocycles. The average Bonchev–Trinajstić information content (AvgIpc) is 3.29. The number of nitrogens with one attached hydrogen (secondary N) is 1. The third-order valence-electron chi connectivity index (χ3n) is 5.76. The first-order valence-corrected chi connectivity index (χ1v) is 10.2. The quantitative estimate of drug-likeness (QED) is 0.838. The lowest BCUT2D eigenvalue weighted by molar-refractivity contribution is -0.125. The van der Waals surface area contributed by atoms with E-state index in [1.54, 1.807) is 0 Å². The van der Waals surface area contributed by atoms with E-state index in [1.807, 2.05) is 0 Å². The third-order valence-corrected chi connectivity index (χ3v) is 5.76. The highest BCUT2D eigenvalue weighted by molar-refractivity contribution is 5.79. The molecular weight excluding hydrogens is 350 g/mol. The molecule has 2 aromatic rings. The molecule has 0 radical (unpaired) electrons. The highest BCUT2D eigenvalue weighted by atomic mass is 16.5. The van der Waals surface area contributed by atoms with E-state index in [4.69, 9.17) is 4.74 Å². The van der Waals surface area contributed by atoms with Crippen LogP contribution in [0.15, 0.2) is 54.6 Å². The average molecular weight is 380 g/mol. The van der Waals surface area contributed by atoms with Gasteiger partial charge in [0.05, 0.1) is 12.5 Å². The molecule has 0 aliphatic carbocycles. The Morgan fingerprint density at radius 3 is 2.39 bits per heavy atom. The van der Waals surface area contributed by atoms with Gasteiger partial charge in [0.2, 0.25) is 5.91 Å². The minimum absolute atomic E-state index is 0.0122. The Morgan fingerprint density at radius 1 is 0.964 bits per heavy atom. The summed E-state index contributed by atoms with van der Waals surface area (Å²) >= 11 is 0. The van der Waals surface area contributed by atoms with Gasteiger partial charge in [-0.15, -0.1) is 0 Å². The minimum atomic E-state index is 0.0122. The molecule has 5 heteroatoms. The van der Waals surface area contributed by atoms with E-state index < -0.39 is 0 Å². The number of carbonyl (C=O) groups is 1. The van der Waals surface area contributed by atoms with Gasteiger partial charge in [0.1, 0.15) is 0 Å². The summed E-state index contributed by atoms with van der Waals surface area (Å²) in [5.74, 6) is 0.127. The largest absolute Gasteiger partial charge is 0.381 e. The molecule has 2 aromatic carbocycles. The van der Waals surface area contributed by atoms with E-state index in [2.05, 4.69) is 69.7 Å². The summed E-state index contributed by atoms with van der Waals surface area (Å²) in [5.41, 5.74) is 3.82. The van der Waals surface area contributed by atoms with Crippen LogP contribution in [0.5, 0.6) is 0 Å². The lowest BCUT2D eigenvalue weighted by Gasteiger charge is -2.36. The Hall–Kier alpha value is -2.37. The van der Waals surface area contributed by atoms with Crippen molar-refractivity contribution >= 4 is 11.6 Å². The number of hydrogen-bond acceptors (Lipinski definition) is 4. The highest BCUT2D eigenvalue weighted by Crippen LogP contribution is 2.18. The standard InChI is InChI=1S/C23H29N3O2/c27-23(21-10-15-28-18-21)24-16-19-6-4-5-7-20(19)17-25-11-13-26(14-12-25)22-8-2-1-3-9-22/h1-9,21H,10-18H2,(H,24,27)/t21-/m1/s1. The van der Waals surface area contributed by atoms with Crippen molar-refractivity contribution in [2.75, 3.05) is 44.3 Å². The van der Waals surface area contributed by atoms with Crippen LogP contribution in [0.25, 0.3) is 0 Å². The molecule has 2 fully saturated rings. The first-order valence-electron chi connectivity index (χ1n) is 10.2. The fraction of sp³-hybridized carbons (Fsp3) is 0.435. The summed E-state index contributed by atoms with van der Waals surface area (Å²) in [6, 6.07) is 19.1. The Morgan fingerprint density at radius 2 is 1.68 bits per heavy atom. The van der Waals surface area contributed by atoms with Gasteiger partial charge < -0.3 is 15.0 Å².